The van der Waals surface area contributed by atoms with E-state index in [1.807, 2.05) is 65.6 Å². The smallest absolute Gasteiger partial charge is 0.329 e. The number of aromatic nitrogens is 2. The number of benzene rings is 2. The van der Waals surface area contributed by atoms with Gasteiger partial charge in [0.1, 0.15) is 6.10 Å². The number of likely N-dealkylation sites (tertiary alicyclic amines) is 1. The summed E-state index contributed by atoms with van der Waals surface area (Å²) >= 11 is 0. The third-order valence-electron chi connectivity index (χ3n) is 4.96. The number of urea groups is 1. The quantitative estimate of drug-likeness (QED) is 0.635. The molecular weight excluding hydrogens is 380 g/mol. The summed E-state index contributed by atoms with van der Waals surface area (Å²) in [5.41, 5.74) is 1.66. The number of methoxy groups -OCH3 is 1. The minimum absolute atomic E-state index is 0.0718. The summed E-state index contributed by atoms with van der Waals surface area (Å²) in [4.78, 5) is 25.5. The fraction of sp³-hybridized carbons (Fsp3) is 0.261. The number of rotatable bonds is 5. The van der Waals surface area contributed by atoms with Crippen molar-refractivity contribution in [2.75, 3.05) is 25.1 Å². The van der Waals surface area contributed by atoms with Gasteiger partial charge in [-0.3, -0.25) is 9.88 Å². The van der Waals surface area contributed by atoms with Crippen LogP contribution in [0.25, 0.3) is 0 Å². The molecule has 1 aromatic heterocycles. The average molecular weight is 404 g/mol. The molecule has 0 N–H and O–H groups in total. The Bertz CT molecular complexity index is 929. The van der Waals surface area contributed by atoms with Gasteiger partial charge in [0.2, 0.25) is 11.8 Å². The van der Waals surface area contributed by atoms with Gasteiger partial charge in [-0.05, 0) is 37.1 Å². The normalized spacial score (nSPS) is 16.0. The minimum atomic E-state index is -0.155. The van der Waals surface area contributed by atoms with Gasteiger partial charge in [-0.25, -0.2) is 4.79 Å². The number of hydrogen-bond acceptors (Lipinski definition) is 5. The molecule has 1 fully saturated rings. The van der Waals surface area contributed by atoms with Crippen LogP contribution in [0.5, 0.6) is 11.8 Å². The van der Waals surface area contributed by atoms with Crippen LogP contribution in [0.4, 0.5) is 16.2 Å². The lowest BCUT2D eigenvalue weighted by molar-refractivity contribution is 0.1000. The van der Waals surface area contributed by atoms with Crippen molar-refractivity contribution in [3.05, 3.63) is 73.1 Å². The van der Waals surface area contributed by atoms with Crippen LogP contribution in [-0.2, 0) is 0 Å². The van der Waals surface area contributed by atoms with Crippen LogP contribution in [0.15, 0.2) is 73.1 Å². The van der Waals surface area contributed by atoms with Gasteiger partial charge in [0.05, 0.1) is 37.4 Å². The van der Waals surface area contributed by atoms with E-state index in [2.05, 4.69) is 9.97 Å². The second-order valence-corrected chi connectivity index (χ2v) is 7.02. The Hall–Kier alpha value is -3.61. The first-order valence-corrected chi connectivity index (χ1v) is 9.96. The van der Waals surface area contributed by atoms with Crippen LogP contribution < -0.4 is 14.4 Å². The highest BCUT2D eigenvalue weighted by Gasteiger charge is 2.30. The molecule has 0 radical (unpaired) electrons. The SMILES string of the molecule is COc1cncc(OC2CCCN(C(=O)N(c3ccccc3)c3ccccc3)C2)n1. The van der Waals surface area contributed by atoms with Gasteiger partial charge in [-0.1, -0.05) is 36.4 Å². The van der Waals surface area contributed by atoms with Crippen LogP contribution >= 0.6 is 0 Å². The summed E-state index contributed by atoms with van der Waals surface area (Å²) in [6.07, 6.45) is 4.63. The zero-order valence-electron chi connectivity index (χ0n) is 16.8. The number of amides is 2. The molecule has 2 amide bonds. The van der Waals surface area contributed by atoms with Crippen LogP contribution in [0.1, 0.15) is 12.8 Å². The number of carbonyl (C=O) groups excluding carboxylic acids is 1. The van der Waals surface area contributed by atoms with Crippen molar-refractivity contribution < 1.29 is 14.3 Å². The van der Waals surface area contributed by atoms with Crippen LogP contribution in [0, 0.1) is 0 Å². The predicted molar refractivity (Wildman–Crippen MR) is 114 cm³/mol. The molecule has 1 unspecified atom stereocenters. The number of nitrogens with zero attached hydrogens (tertiary/aromatic N) is 4. The summed E-state index contributed by atoms with van der Waals surface area (Å²) in [7, 11) is 1.54. The second-order valence-electron chi connectivity index (χ2n) is 7.02. The highest BCUT2D eigenvalue weighted by atomic mass is 16.5. The van der Waals surface area contributed by atoms with E-state index in [4.69, 9.17) is 9.47 Å². The Labute approximate surface area is 175 Å². The fourth-order valence-corrected chi connectivity index (χ4v) is 3.53. The monoisotopic (exact) mass is 404 g/mol. The molecule has 1 aliphatic rings. The zero-order valence-corrected chi connectivity index (χ0v) is 16.8. The number of para-hydroxylation sites is 2. The van der Waals surface area contributed by atoms with Gasteiger partial charge >= 0.3 is 6.03 Å². The summed E-state index contributed by atoms with van der Waals surface area (Å²) in [5, 5.41) is 0. The summed E-state index contributed by atoms with van der Waals surface area (Å²) in [5.74, 6) is 0.798. The molecule has 7 heteroatoms. The molecule has 0 aliphatic carbocycles. The van der Waals surface area contributed by atoms with Gasteiger partial charge in [0.15, 0.2) is 0 Å². The Morgan fingerprint density at radius 2 is 1.63 bits per heavy atom. The first-order valence-electron chi connectivity index (χ1n) is 9.96. The average Bonchev–Trinajstić information content (AvgIpc) is 2.81. The fourth-order valence-electron chi connectivity index (χ4n) is 3.53. The van der Waals surface area contributed by atoms with E-state index in [0.717, 1.165) is 24.2 Å². The Morgan fingerprint density at radius 3 is 2.27 bits per heavy atom. The van der Waals surface area contributed by atoms with Gasteiger partial charge in [0, 0.05) is 6.54 Å². The summed E-state index contributed by atoms with van der Waals surface area (Å²) < 4.78 is 11.1. The molecule has 7 nitrogen and oxygen atoms in total. The van der Waals surface area contributed by atoms with Gasteiger partial charge in [-0.2, -0.15) is 4.98 Å². The number of piperidine rings is 1. The molecule has 2 heterocycles. The molecule has 1 aliphatic heterocycles. The van der Waals surface area contributed by atoms with E-state index in [1.54, 1.807) is 11.1 Å². The van der Waals surface area contributed by atoms with Crippen molar-refractivity contribution in [3.63, 3.8) is 0 Å². The van der Waals surface area contributed by atoms with Crippen LogP contribution in [0.3, 0.4) is 0 Å². The highest BCUT2D eigenvalue weighted by Crippen LogP contribution is 2.28. The summed E-state index contributed by atoms with van der Waals surface area (Å²) in [6, 6.07) is 19.3. The third kappa shape index (κ3) is 4.51. The van der Waals surface area contributed by atoms with E-state index < -0.39 is 0 Å². The third-order valence-corrected chi connectivity index (χ3v) is 4.96. The first kappa shape index (κ1) is 19.7. The van der Waals surface area contributed by atoms with Gasteiger partial charge < -0.3 is 14.4 Å². The van der Waals surface area contributed by atoms with Crippen LogP contribution in [0.2, 0.25) is 0 Å². The molecule has 0 bridgehead atoms. The topological polar surface area (TPSA) is 67.8 Å². The van der Waals surface area contributed by atoms with Gasteiger partial charge in [-0.15, -0.1) is 0 Å². The molecule has 154 valence electrons. The number of carbonyl (C=O) groups is 1. The zero-order chi connectivity index (χ0) is 20.8. The Kier molecular flexibility index (Phi) is 6.08. The number of anilines is 2. The van der Waals surface area contributed by atoms with Crippen molar-refractivity contribution >= 4 is 17.4 Å². The lowest BCUT2D eigenvalue weighted by atomic mass is 10.1. The maximum atomic E-state index is 13.5. The maximum absolute atomic E-state index is 13.5. The molecule has 3 aromatic rings. The largest absolute Gasteiger partial charge is 0.480 e. The maximum Gasteiger partial charge on any atom is 0.329 e. The van der Waals surface area contributed by atoms with E-state index in [-0.39, 0.29) is 12.1 Å². The highest BCUT2D eigenvalue weighted by molar-refractivity contribution is 5.99. The molecular formula is C23H24N4O3. The molecule has 0 spiro atoms. The Balaban J connectivity index is 1.53. The molecule has 4 rings (SSSR count). The van der Waals surface area contributed by atoms with Crippen molar-refractivity contribution in [2.45, 2.75) is 18.9 Å². The molecule has 0 saturated carbocycles. The van der Waals surface area contributed by atoms with Crippen molar-refractivity contribution in [2.24, 2.45) is 0 Å². The van der Waals surface area contributed by atoms with E-state index in [0.29, 0.717) is 24.8 Å². The predicted octanol–water partition coefficient (Wildman–Crippen LogP) is 4.29. The second kappa shape index (κ2) is 9.26. The minimum Gasteiger partial charge on any atom is -0.480 e. The summed E-state index contributed by atoms with van der Waals surface area (Å²) in [6.45, 7) is 1.16. The van der Waals surface area contributed by atoms with E-state index in [1.165, 1.54) is 13.3 Å². The Morgan fingerprint density at radius 1 is 1.00 bits per heavy atom. The molecule has 2 aromatic carbocycles. The lowest BCUT2D eigenvalue weighted by Crippen LogP contribution is -2.49. The van der Waals surface area contributed by atoms with Crippen LogP contribution in [-0.4, -0.2) is 47.2 Å². The van der Waals surface area contributed by atoms with E-state index in [9.17, 15) is 4.79 Å². The standard InChI is InChI=1S/C23H24N4O3/c1-29-21-15-24-16-22(25-21)30-20-13-8-14-26(17-20)23(28)27(18-9-4-2-5-10-18)19-11-6-3-7-12-19/h2-7,9-12,15-16,20H,8,13-14,17H2,1H3. The number of hydrogen-bond donors (Lipinski definition) is 0. The first-order chi connectivity index (χ1) is 14.7. The lowest BCUT2D eigenvalue weighted by Gasteiger charge is -2.36. The van der Waals surface area contributed by atoms with Gasteiger partial charge in [0.25, 0.3) is 0 Å². The van der Waals surface area contributed by atoms with Crippen molar-refractivity contribution in [1.82, 2.24) is 14.9 Å². The van der Waals surface area contributed by atoms with Crippen molar-refractivity contribution in [1.29, 1.82) is 0 Å². The number of ether oxygens (including phenoxy) is 2. The molecule has 30 heavy (non-hydrogen) atoms. The van der Waals surface area contributed by atoms with E-state index >= 15 is 0 Å². The molecule has 1 atom stereocenters. The van der Waals surface area contributed by atoms with Crippen molar-refractivity contribution in [3.8, 4) is 11.8 Å². The molecule has 1 saturated heterocycles.